The molecule has 1 unspecified atom stereocenters. The smallest absolute Gasteiger partial charge is 0.311 e. The molecule has 1 amide bonds. The van der Waals surface area contributed by atoms with Gasteiger partial charge in [0, 0.05) is 24.4 Å². The number of amides is 1. The first-order valence-corrected chi connectivity index (χ1v) is 5.54. The molecule has 1 aliphatic rings. The van der Waals surface area contributed by atoms with Crippen molar-refractivity contribution in [3.63, 3.8) is 0 Å². The number of hydrogen-bond donors (Lipinski definition) is 2. The van der Waals surface area contributed by atoms with Crippen molar-refractivity contribution < 1.29 is 14.7 Å². The Bertz CT molecular complexity index is 548. The maximum atomic E-state index is 11.8. The second-order valence-corrected chi connectivity index (χ2v) is 4.14. The van der Waals surface area contributed by atoms with Gasteiger partial charge in [-0.1, -0.05) is 5.11 Å². The molecule has 1 atom stereocenters. The summed E-state index contributed by atoms with van der Waals surface area (Å²) in [7, 11) is 0. The molecule has 2 rings (SSSR count). The Balaban J connectivity index is 2.05. The molecule has 1 aromatic heterocycles. The lowest BCUT2D eigenvalue weighted by Gasteiger charge is -2.10. The summed E-state index contributed by atoms with van der Waals surface area (Å²) in [5.41, 5.74) is 8.24. The molecule has 1 fully saturated rings. The van der Waals surface area contributed by atoms with E-state index in [0.29, 0.717) is 6.54 Å². The van der Waals surface area contributed by atoms with E-state index in [-0.39, 0.29) is 43.0 Å². The number of nitrogens with one attached hydrogen (secondary N) is 1. The van der Waals surface area contributed by atoms with Gasteiger partial charge in [0.2, 0.25) is 5.91 Å². The summed E-state index contributed by atoms with van der Waals surface area (Å²) in [5, 5.41) is 18.3. The van der Waals surface area contributed by atoms with E-state index < -0.39 is 5.97 Å². The van der Waals surface area contributed by atoms with Crippen molar-refractivity contribution in [2.24, 2.45) is 11.0 Å². The fraction of sp³-hybridized carbons (Fsp3) is 0.556. The van der Waals surface area contributed by atoms with Gasteiger partial charge in [0.15, 0.2) is 0 Å². The second-order valence-electron chi connectivity index (χ2n) is 4.14. The number of H-pyrrole nitrogens is 1. The Morgan fingerprint density at radius 1 is 1.68 bits per heavy atom. The molecule has 1 saturated heterocycles. The number of hydrogen-bond acceptors (Lipinski definition) is 5. The standard InChI is InChI=1S/C9H11N7O3/c10-15-11-3-5-1-7(17)16(4-5)9-12-6(13-14-9)2-8(18)19/h5H,1-4H2,(H,18,19)(H,12,13,14). The Morgan fingerprint density at radius 3 is 3.16 bits per heavy atom. The van der Waals surface area contributed by atoms with Gasteiger partial charge in [-0.25, -0.2) is 0 Å². The number of anilines is 1. The van der Waals surface area contributed by atoms with Gasteiger partial charge >= 0.3 is 5.97 Å². The number of azide groups is 1. The summed E-state index contributed by atoms with van der Waals surface area (Å²) in [6.07, 6.45) is -0.0149. The zero-order valence-corrected chi connectivity index (χ0v) is 9.85. The number of aliphatic carboxylic acids is 1. The van der Waals surface area contributed by atoms with Crippen molar-refractivity contribution in [1.29, 1.82) is 0 Å². The number of aromatic nitrogens is 3. The van der Waals surface area contributed by atoms with Gasteiger partial charge in [-0.3, -0.25) is 19.6 Å². The van der Waals surface area contributed by atoms with Crippen LogP contribution in [0.2, 0.25) is 0 Å². The van der Waals surface area contributed by atoms with Crippen molar-refractivity contribution in [1.82, 2.24) is 15.2 Å². The van der Waals surface area contributed by atoms with E-state index in [4.69, 9.17) is 10.6 Å². The Morgan fingerprint density at radius 2 is 2.47 bits per heavy atom. The van der Waals surface area contributed by atoms with Gasteiger partial charge in [0.05, 0.1) is 0 Å². The molecule has 1 aliphatic heterocycles. The highest BCUT2D eigenvalue weighted by Crippen LogP contribution is 2.22. The third kappa shape index (κ3) is 2.99. The van der Waals surface area contributed by atoms with Gasteiger partial charge in [0.25, 0.3) is 5.95 Å². The molecule has 0 saturated carbocycles. The lowest BCUT2D eigenvalue weighted by atomic mass is 10.1. The molecule has 100 valence electrons. The third-order valence-electron chi connectivity index (χ3n) is 2.69. The molecule has 0 aliphatic carbocycles. The summed E-state index contributed by atoms with van der Waals surface area (Å²) in [5.74, 6) is -0.918. The van der Waals surface area contributed by atoms with E-state index in [1.807, 2.05) is 0 Å². The van der Waals surface area contributed by atoms with Crippen LogP contribution in [0, 0.1) is 5.92 Å². The number of carbonyl (C=O) groups excluding carboxylic acids is 1. The SMILES string of the molecule is [N-]=[N+]=NCC1CC(=O)N(c2n[nH]c(CC(=O)O)n2)C1. The largest absolute Gasteiger partial charge is 0.481 e. The fourth-order valence-electron chi connectivity index (χ4n) is 1.88. The highest BCUT2D eigenvalue weighted by Gasteiger charge is 2.32. The van der Waals surface area contributed by atoms with Crippen LogP contribution >= 0.6 is 0 Å². The van der Waals surface area contributed by atoms with Crippen LogP contribution in [0.1, 0.15) is 12.2 Å². The van der Waals surface area contributed by atoms with Gasteiger partial charge in [-0.2, -0.15) is 4.98 Å². The summed E-state index contributed by atoms with van der Waals surface area (Å²) in [6.45, 7) is 0.605. The highest BCUT2D eigenvalue weighted by atomic mass is 16.4. The number of carbonyl (C=O) groups is 2. The summed E-state index contributed by atoms with van der Waals surface area (Å²) < 4.78 is 0. The number of aromatic amines is 1. The number of carboxylic acids is 1. The summed E-state index contributed by atoms with van der Waals surface area (Å²) >= 11 is 0. The lowest BCUT2D eigenvalue weighted by Crippen LogP contribution is -2.26. The van der Waals surface area contributed by atoms with E-state index in [9.17, 15) is 9.59 Å². The fourth-order valence-corrected chi connectivity index (χ4v) is 1.88. The Kier molecular flexibility index (Phi) is 3.62. The molecular weight excluding hydrogens is 254 g/mol. The first-order valence-electron chi connectivity index (χ1n) is 5.54. The van der Waals surface area contributed by atoms with Crippen LogP contribution in [0.15, 0.2) is 5.11 Å². The minimum atomic E-state index is -1.03. The average molecular weight is 265 g/mol. The van der Waals surface area contributed by atoms with E-state index in [0.717, 1.165) is 0 Å². The molecule has 0 spiro atoms. The van der Waals surface area contributed by atoms with Crippen LogP contribution in [-0.4, -0.2) is 45.3 Å². The van der Waals surface area contributed by atoms with Crippen LogP contribution in [0.3, 0.4) is 0 Å². The molecule has 2 heterocycles. The van der Waals surface area contributed by atoms with Crippen LogP contribution in [0.4, 0.5) is 5.95 Å². The van der Waals surface area contributed by atoms with E-state index in [2.05, 4.69) is 25.2 Å². The van der Waals surface area contributed by atoms with Gasteiger partial charge < -0.3 is 5.11 Å². The van der Waals surface area contributed by atoms with Crippen molar-refractivity contribution in [3.8, 4) is 0 Å². The first kappa shape index (κ1) is 12.8. The van der Waals surface area contributed by atoms with Crippen molar-refractivity contribution in [3.05, 3.63) is 16.3 Å². The number of nitrogens with zero attached hydrogens (tertiary/aromatic N) is 6. The minimum absolute atomic E-state index is 0.0650. The Labute approximate surface area is 107 Å². The van der Waals surface area contributed by atoms with Crippen LogP contribution in [0.5, 0.6) is 0 Å². The van der Waals surface area contributed by atoms with Gasteiger partial charge in [-0.05, 0) is 11.4 Å². The van der Waals surface area contributed by atoms with E-state index >= 15 is 0 Å². The van der Waals surface area contributed by atoms with Gasteiger partial charge in [-0.15, -0.1) is 5.10 Å². The molecule has 0 aromatic carbocycles. The van der Waals surface area contributed by atoms with Crippen LogP contribution < -0.4 is 4.90 Å². The van der Waals surface area contributed by atoms with Gasteiger partial charge in [0.1, 0.15) is 12.2 Å². The van der Waals surface area contributed by atoms with Crippen LogP contribution in [-0.2, 0) is 16.0 Å². The Hall–Kier alpha value is -2.61. The molecule has 10 heteroatoms. The zero-order valence-electron chi connectivity index (χ0n) is 9.85. The normalized spacial score (nSPS) is 18.4. The topological polar surface area (TPSA) is 148 Å². The second kappa shape index (κ2) is 5.36. The first-order chi connectivity index (χ1) is 9.10. The predicted molar refractivity (Wildman–Crippen MR) is 62.2 cm³/mol. The monoisotopic (exact) mass is 265 g/mol. The van der Waals surface area contributed by atoms with E-state index in [1.54, 1.807) is 0 Å². The van der Waals surface area contributed by atoms with Crippen molar-refractivity contribution in [2.45, 2.75) is 12.8 Å². The molecular formula is C9H11N7O3. The third-order valence-corrected chi connectivity index (χ3v) is 2.69. The van der Waals surface area contributed by atoms with E-state index in [1.165, 1.54) is 4.90 Å². The zero-order chi connectivity index (χ0) is 13.8. The maximum absolute atomic E-state index is 11.8. The lowest BCUT2D eigenvalue weighted by molar-refractivity contribution is -0.136. The van der Waals surface area contributed by atoms with Crippen molar-refractivity contribution in [2.75, 3.05) is 18.0 Å². The molecule has 2 N–H and O–H groups in total. The highest BCUT2D eigenvalue weighted by molar-refractivity contribution is 5.94. The summed E-state index contributed by atoms with van der Waals surface area (Å²) in [4.78, 5) is 30.2. The number of rotatable bonds is 5. The molecule has 0 radical (unpaired) electrons. The molecule has 0 bridgehead atoms. The summed E-state index contributed by atoms with van der Waals surface area (Å²) in [6, 6.07) is 0. The minimum Gasteiger partial charge on any atom is -0.481 e. The predicted octanol–water partition coefficient (Wildman–Crippen LogP) is 0.0950. The maximum Gasteiger partial charge on any atom is 0.311 e. The average Bonchev–Trinajstić information content (AvgIpc) is 2.92. The van der Waals surface area contributed by atoms with Crippen LogP contribution in [0.25, 0.3) is 10.4 Å². The molecule has 19 heavy (non-hydrogen) atoms. The quantitative estimate of drug-likeness (QED) is 0.439. The molecule has 10 nitrogen and oxygen atoms in total. The molecule has 1 aromatic rings. The number of carboxylic acid groups (broad SMARTS) is 1. The van der Waals surface area contributed by atoms with Crippen molar-refractivity contribution >= 4 is 17.8 Å².